The highest BCUT2D eigenvalue weighted by Gasteiger charge is 2.47. The van der Waals surface area contributed by atoms with E-state index in [0.29, 0.717) is 5.92 Å². The number of fused-ring (bicyclic) bond motifs is 1. The Bertz CT molecular complexity index is 424. The van der Waals surface area contributed by atoms with E-state index in [0.717, 1.165) is 28.2 Å². The Labute approximate surface area is 107 Å². The van der Waals surface area contributed by atoms with Crippen molar-refractivity contribution in [3.8, 4) is 5.75 Å². The molecular weight excluding hydrogens is 234 g/mol. The molecule has 2 saturated carbocycles. The quantitative estimate of drug-likeness (QED) is 0.894. The van der Waals surface area contributed by atoms with E-state index in [1.807, 2.05) is 18.2 Å². The average Bonchev–Trinajstić information content (AvgIpc) is 2.95. The van der Waals surface area contributed by atoms with Crippen molar-refractivity contribution in [2.45, 2.75) is 25.3 Å². The molecule has 2 fully saturated rings. The lowest BCUT2D eigenvalue weighted by Crippen LogP contribution is -2.20. The van der Waals surface area contributed by atoms with Crippen LogP contribution in [0.1, 0.15) is 30.9 Å². The van der Waals surface area contributed by atoms with Gasteiger partial charge in [0.25, 0.3) is 0 Å². The monoisotopic (exact) mass is 251 g/mol. The van der Waals surface area contributed by atoms with E-state index in [1.165, 1.54) is 19.3 Å². The molecule has 0 heterocycles. The number of benzene rings is 1. The Hall–Kier alpha value is -0.730. The molecule has 3 heteroatoms. The zero-order valence-corrected chi connectivity index (χ0v) is 10.8. The van der Waals surface area contributed by atoms with Crippen LogP contribution in [0.5, 0.6) is 5.75 Å². The van der Waals surface area contributed by atoms with Crippen LogP contribution in [0.4, 0.5) is 0 Å². The molecule has 92 valence electrons. The van der Waals surface area contributed by atoms with Crippen LogP contribution in [0, 0.1) is 17.8 Å². The third-order valence-corrected chi connectivity index (χ3v) is 4.68. The number of hydrogen-bond donors (Lipinski definition) is 1. The summed E-state index contributed by atoms with van der Waals surface area (Å²) in [5.74, 6) is 3.33. The van der Waals surface area contributed by atoms with Gasteiger partial charge in [-0.25, -0.2) is 0 Å². The normalized spacial score (nSPS) is 32.1. The first kappa shape index (κ1) is 11.4. The van der Waals surface area contributed by atoms with Gasteiger partial charge in [-0.15, -0.1) is 0 Å². The summed E-state index contributed by atoms with van der Waals surface area (Å²) in [6.07, 6.45) is 4.00. The smallest absolute Gasteiger partial charge is 0.120 e. The van der Waals surface area contributed by atoms with E-state index in [4.69, 9.17) is 22.1 Å². The first-order valence-corrected chi connectivity index (χ1v) is 6.66. The summed E-state index contributed by atoms with van der Waals surface area (Å²) in [7, 11) is 1.65. The zero-order valence-electron chi connectivity index (χ0n) is 10.0. The van der Waals surface area contributed by atoms with Gasteiger partial charge in [-0.3, -0.25) is 0 Å². The summed E-state index contributed by atoms with van der Waals surface area (Å²) in [4.78, 5) is 0. The second-order valence-electron chi connectivity index (χ2n) is 5.40. The van der Waals surface area contributed by atoms with E-state index < -0.39 is 0 Å². The van der Waals surface area contributed by atoms with Crippen molar-refractivity contribution in [1.82, 2.24) is 0 Å². The summed E-state index contributed by atoms with van der Waals surface area (Å²) in [6.45, 7) is 0. The van der Waals surface area contributed by atoms with Gasteiger partial charge >= 0.3 is 0 Å². The lowest BCUT2D eigenvalue weighted by molar-refractivity contribution is 0.401. The van der Waals surface area contributed by atoms with Gasteiger partial charge in [0, 0.05) is 11.1 Å². The van der Waals surface area contributed by atoms with E-state index in [2.05, 4.69) is 0 Å². The zero-order chi connectivity index (χ0) is 12.0. The Morgan fingerprint density at radius 2 is 2.00 bits per heavy atom. The van der Waals surface area contributed by atoms with Gasteiger partial charge in [0.2, 0.25) is 0 Å². The minimum atomic E-state index is 0.0845. The molecule has 17 heavy (non-hydrogen) atoms. The first-order chi connectivity index (χ1) is 8.19. The second-order valence-corrected chi connectivity index (χ2v) is 5.81. The minimum absolute atomic E-state index is 0.0845. The molecule has 0 aromatic heterocycles. The van der Waals surface area contributed by atoms with Crippen LogP contribution in [0.25, 0.3) is 0 Å². The molecular formula is C14H18ClNO. The molecule has 1 aromatic rings. The number of hydrogen-bond acceptors (Lipinski definition) is 2. The van der Waals surface area contributed by atoms with Crippen LogP contribution in [0.3, 0.4) is 0 Å². The molecule has 3 rings (SSSR count). The van der Waals surface area contributed by atoms with Crippen molar-refractivity contribution < 1.29 is 4.74 Å². The van der Waals surface area contributed by atoms with Crippen molar-refractivity contribution >= 4 is 11.6 Å². The maximum atomic E-state index is 6.35. The topological polar surface area (TPSA) is 35.2 Å². The predicted octanol–water partition coefficient (Wildman–Crippen LogP) is 3.39. The van der Waals surface area contributed by atoms with Crippen LogP contribution >= 0.6 is 11.6 Å². The Balaban J connectivity index is 1.78. The molecule has 0 aliphatic heterocycles. The highest BCUT2D eigenvalue weighted by atomic mass is 35.5. The molecule has 3 unspecified atom stereocenters. The predicted molar refractivity (Wildman–Crippen MR) is 69.3 cm³/mol. The van der Waals surface area contributed by atoms with Crippen LogP contribution in [0.15, 0.2) is 18.2 Å². The van der Waals surface area contributed by atoms with Crippen molar-refractivity contribution in [1.29, 1.82) is 0 Å². The molecule has 2 nitrogen and oxygen atoms in total. The van der Waals surface area contributed by atoms with Crippen molar-refractivity contribution in [3.05, 3.63) is 28.8 Å². The Morgan fingerprint density at radius 3 is 2.59 bits per heavy atom. The molecule has 0 amide bonds. The van der Waals surface area contributed by atoms with Gasteiger partial charge in [-0.2, -0.15) is 0 Å². The third-order valence-electron chi connectivity index (χ3n) is 4.35. The summed E-state index contributed by atoms with van der Waals surface area (Å²) in [6, 6.07) is 5.89. The summed E-state index contributed by atoms with van der Waals surface area (Å²) in [5, 5.41) is 0.734. The van der Waals surface area contributed by atoms with E-state index in [-0.39, 0.29) is 6.04 Å². The first-order valence-electron chi connectivity index (χ1n) is 6.28. The largest absolute Gasteiger partial charge is 0.497 e. The van der Waals surface area contributed by atoms with Crippen LogP contribution in [-0.4, -0.2) is 7.11 Å². The number of nitrogens with two attached hydrogens (primary N) is 1. The van der Waals surface area contributed by atoms with Crippen LogP contribution in [-0.2, 0) is 0 Å². The lowest BCUT2D eigenvalue weighted by Gasteiger charge is -2.22. The number of halogens is 1. The summed E-state index contributed by atoms with van der Waals surface area (Å²) in [5.41, 5.74) is 7.42. The van der Waals surface area contributed by atoms with Gasteiger partial charge in [0.1, 0.15) is 5.75 Å². The standard InChI is InChI=1S/C14H18ClNO/c1-17-11-2-3-12(13(15)7-11)14(16)10-5-8-4-9(8)6-10/h2-3,7-10,14H,4-6,16H2,1H3. The van der Waals surface area contributed by atoms with Crippen LogP contribution in [0.2, 0.25) is 5.02 Å². The molecule has 0 saturated heterocycles. The fourth-order valence-corrected chi connectivity index (χ4v) is 3.51. The lowest BCUT2D eigenvalue weighted by atomic mass is 9.90. The minimum Gasteiger partial charge on any atom is -0.497 e. The number of methoxy groups -OCH3 is 1. The van der Waals surface area contributed by atoms with E-state index in [1.54, 1.807) is 7.11 Å². The molecule has 2 aliphatic rings. The number of ether oxygens (including phenoxy) is 1. The van der Waals surface area contributed by atoms with Gasteiger partial charge in [-0.1, -0.05) is 17.7 Å². The molecule has 0 bridgehead atoms. The molecule has 3 atom stereocenters. The molecule has 0 spiro atoms. The van der Waals surface area contributed by atoms with Crippen molar-refractivity contribution in [2.24, 2.45) is 23.5 Å². The Kier molecular flexibility index (Phi) is 2.80. The van der Waals surface area contributed by atoms with Crippen molar-refractivity contribution in [3.63, 3.8) is 0 Å². The van der Waals surface area contributed by atoms with Gasteiger partial charge in [-0.05, 0) is 54.7 Å². The molecule has 1 aromatic carbocycles. The second kappa shape index (κ2) is 4.18. The van der Waals surface area contributed by atoms with Crippen LogP contribution < -0.4 is 10.5 Å². The highest BCUT2D eigenvalue weighted by Crippen LogP contribution is 2.57. The fraction of sp³-hybridized carbons (Fsp3) is 0.571. The van der Waals surface area contributed by atoms with Gasteiger partial charge in [0.15, 0.2) is 0 Å². The average molecular weight is 252 g/mol. The van der Waals surface area contributed by atoms with Gasteiger partial charge < -0.3 is 10.5 Å². The van der Waals surface area contributed by atoms with E-state index in [9.17, 15) is 0 Å². The number of rotatable bonds is 3. The SMILES string of the molecule is COc1ccc(C(N)C2CC3CC3C2)c(Cl)c1. The molecule has 2 N–H and O–H groups in total. The molecule has 2 aliphatic carbocycles. The maximum Gasteiger partial charge on any atom is 0.120 e. The highest BCUT2D eigenvalue weighted by molar-refractivity contribution is 6.31. The third kappa shape index (κ3) is 2.04. The summed E-state index contributed by atoms with van der Waals surface area (Å²) < 4.78 is 5.15. The van der Waals surface area contributed by atoms with Crippen molar-refractivity contribution in [2.75, 3.05) is 7.11 Å². The fourth-order valence-electron chi connectivity index (χ4n) is 3.21. The Morgan fingerprint density at radius 1 is 1.29 bits per heavy atom. The van der Waals surface area contributed by atoms with Gasteiger partial charge in [0.05, 0.1) is 7.11 Å². The summed E-state index contributed by atoms with van der Waals surface area (Å²) >= 11 is 6.27. The van der Waals surface area contributed by atoms with E-state index >= 15 is 0 Å². The molecule has 0 radical (unpaired) electrons. The maximum absolute atomic E-state index is 6.35.